The van der Waals surface area contributed by atoms with Gasteiger partial charge in [-0.05, 0) is 13.8 Å². The van der Waals surface area contributed by atoms with Gasteiger partial charge in [-0.1, -0.05) is 0 Å². The third-order valence-electron chi connectivity index (χ3n) is 2.16. The fourth-order valence-electron chi connectivity index (χ4n) is 1.30. The Balaban J connectivity index is 4.89. The van der Waals surface area contributed by atoms with Crippen molar-refractivity contribution in [2.45, 2.75) is 38.7 Å². The summed E-state index contributed by atoms with van der Waals surface area (Å²) in [6, 6.07) is -1.07. The van der Waals surface area contributed by atoms with Crippen molar-refractivity contribution in [3.05, 3.63) is 0 Å². The van der Waals surface area contributed by atoms with Crippen LogP contribution in [0.3, 0.4) is 0 Å². The summed E-state index contributed by atoms with van der Waals surface area (Å²) in [5, 5.41) is 8.45. The molecule has 0 saturated heterocycles. The van der Waals surface area contributed by atoms with Crippen molar-refractivity contribution in [2.24, 2.45) is 0 Å². The quantitative estimate of drug-likeness (QED) is 0.737. The molecular weight excluding hydrogens is 246 g/mol. The Bertz CT molecular complexity index is 296. The number of carbonyl (C=O) groups excluding carboxylic acids is 1. The number of alkyl halides is 4. The lowest BCUT2D eigenvalue weighted by molar-refractivity contribution is -0.182. The molecule has 0 aliphatic carbocycles. The molecule has 0 radical (unpaired) electrons. The number of aliphatic carboxylic acids is 1. The van der Waals surface area contributed by atoms with Crippen molar-refractivity contribution in [1.29, 1.82) is 0 Å². The van der Waals surface area contributed by atoms with E-state index in [2.05, 4.69) is 0 Å². The van der Waals surface area contributed by atoms with Gasteiger partial charge in [-0.2, -0.15) is 8.78 Å². The summed E-state index contributed by atoms with van der Waals surface area (Å²) >= 11 is 0. The third kappa shape index (κ3) is 3.86. The zero-order valence-corrected chi connectivity index (χ0v) is 9.29. The van der Waals surface area contributed by atoms with Gasteiger partial charge in [-0.25, -0.2) is 8.78 Å². The second kappa shape index (κ2) is 5.83. The molecule has 1 N–H and O–H groups in total. The Morgan fingerprint density at radius 2 is 1.82 bits per heavy atom. The van der Waals surface area contributed by atoms with Gasteiger partial charge in [-0.3, -0.25) is 9.59 Å². The Kier molecular flexibility index (Phi) is 5.37. The lowest BCUT2D eigenvalue weighted by atomic mass is 10.1. The minimum absolute atomic E-state index is 0.268. The highest BCUT2D eigenvalue weighted by Crippen LogP contribution is 2.26. The van der Waals surface area contributed by atoms with Crippen LogP contribution in [0.1, 0.15) is 20.3 Å². The fraction of sp³-hybridized carbons (Fsp3) is 0.778. The van der Waals surface area contributed by atoms with E-state index in [-0.39, 0.29) is 6.54 Å². The van der Waals surface area contributed by atoms with Crippen LogP contribution in [0.5, 0.6) is 0 Å². The normalized spacial score (nSPS) is 13.6. The number of halogens is 4. The van der Waals surface area contributed by atoms with Crippen molar-refractivity contribution in [1.82, 2.24) is 4.90 Å². The summed E-state index contributed by atoms with van der Waals surface area (Å²) < 4.78 is 49.5. The van der Waals surface area contributed by atoms with Crippen molar-refractivity contribution in [2.75, 3.05) is 6.54 Å². The third-order valence-corrected chi connectivity index (χ3v) is 2.16. The Morgan fingerprint density at radius 3 is 2.12 bits per heavy atom. The molecule has 0 aliphatic heterocycles. The molecule has 100 valence electrons. The van der Waals surface area contributed by atoms with Gasteiger partial charge in [-0.15, -0.1) is 0 Å². The SMILES string of the molecule is CCN(C(=O)C(F)(F)C(F)F)C(C)CC(=O)O. The first-order chi connectivity index (χ1) is 7.64. The average Bonchev–Trinajstić information content (AvgIpc) is 2.16. The van der Waals surface area contributed by atoms with E-state index >= 15 is 0 Å². The molecule has 0 saturated carbocycles. The number of carbonyl (C=O) groups is 2. The van der Waals surface area contributed by atoms with E-state index in [1.54, 1.807) is 0 Å². The molecule has 0 rings (SSSR count). The van der Waals surface area contributed by atoms with Gasteiger partial charge >= 0.3 is 18.3 Å². The summed E-state index contributed by atoms with van der Waals surface area (Å²) in [5.41, 5.74) is 0. The van der Waals surface area contributed by atoms with Crippen LogP contribution in [0.25, 0.3) is 0 Å². The van der Waals surface area contributed by atoms with Crippen molar-refractivity contribution >= 4 is 11.9 Å². The second-order valence-corrected chi connectivity index (χ2v) is 3.46. The lowest BCUT2D eigenvalue weighted by Crippen LogP contribution is -2.51. The van der Waals surface area contributed by atoms with Crippen molar-refractivity contribution < 1.29 is 32.3 Å². The first-order valence-electron chi connectivity index (χ1n) is 4.83. The Hall–Kier alpha value is -1.34. The van der Waals surface area contributed by atoms with E-state index in [0.29, 0.717) is 4.90 Å². The smallest absolute Gasteiger partial charge is 0.383 e. The van der Waals surface area contributed by atoms with E-state index in [1.165, 1.54) is 13.8 Å². The molecule has 0 aromatic rings. The van der Waals surface area contributed by atoms with E-state index in [9.17, 15) is 27.2 Å². The van der Waals surface area contributed by atoms with Gasteiger partial charge in [0.05, 0.1) is 6.42 Å². The van der Waals surface area contributed by atoms with Crippen LogP contribution >= 0.6 is 0 Å². The average molecular weight is 259 g/mol. The minimum atomic E-state index is -4.79. The molecule has 0 aromatic carbocycles. The molecule has 0 heterocycles. The number of carboxylic acids is 1. The molecule has 1 amide bonds. The van der Waals surface area contributed by atoms with Crippen molar-refractivity contribution in [3.63, 3.8) is 0 Å². The van der Waals surface area contributed by atoms with Gasteiger partial charge in [0.15, 0.2) is 0 Å². The Morgan fingerprint density at radius 1 is 1.35 bits per heavy atom. The van der Waals surface area contributed by atoms with E-state index in [0.717, 1.165) is 0 Å². The summed E-state index contributed by atoms with van der Waals surface area (Å²) in [4.78, 5) is 22.0. The van der Waals surface area contributed by atoms with Crippen LogP contribution in [0, 0.1) is 0 Å². The topological polar surface area (TPSA) is 57.6 Å². The lowest BCUT2D eigenvalue weighted by Gasteiger charge is -2.30. The molecule has 0 spiro atoms. The predicted octanol–water partition coefficient (Wildman–Crippen LogP) is 1.60. The molecule has 17 heavy (non-hydrogen) atoms. The van der Waals surface area contributed by atoms with E-state index < -0.39 is 36.7 Å². The highest BCUT2D eigenvalue weighted by molar-refractivity contribution is 5.84. The molecule has 1 atom stereocenters. The van der Waals surface area contributed by atoms with Gasteiger partial charge < -0.3 is 10.0 Å². The van der Waals surface area contributed by atoms with Crippen LogP contribution in [0.15, 0.2) is 0 Å². The van der Waals surface area contributed by atoms with E-state index in [1.807, 2.05) is 0 Å². The number of carboxylic acid groups (broad SMARTS) is 1. The van der Waals surface area contributed by atoms with Gasteiger partial charge in [0, 0.05) is 12.6 Å². The van der Waals surface area contributed by atoms with Crippen LogP contribution in [0.4, 0.5) is 17.6 Å². The number of hydrogen-bond acceptors (Lipinski definition) is 2. The van der Waals surface area contributed by atoms with Crippen LogP contribution in [-0.2, 0) is 9.59 Å². The van der Waals surface area contributed by atoms with Gasteiger partial charge in [0.2, 0.25) is 0 Å². The first-order valence-corrected chi connectivity index (χ1v) is 4.83. The second-order valence-electron chi connectivity index (χ2n) is 3.46. The molecule has 1 unspecified atom stereocenters. The summed E-state index contributed by atoms with van der Waals surface area (Å²) in [6.45, 7) is 2.24. The number of nitrogens with zero attached hydrogens (tertiary/aromatic N) is 1. The summed E-state index contributed by atoms with van der Waals surface area (Å²) in [7, 11) is 0. The van der Waals surface area contributed by atoms with Crippen LogP contribution in [0.2, 0.25) is 0 Å². The van der Waals surface area contributed by atoms with Crippen LogP contribution < -0.4 is 0 Å². The number of hydrogen-bond donors (Lipinski definition) is 1. The minimum Gasteiger partial charge on any atom is -0.481 e. The van der Waals surface area contributed by atoms with Gasteiger partial charge in [0.25, 0.3) is 5.91 Å². The Labute approximate surface area is 95.2 Å². The highest BCUT2D eigenvalue weighted by Gasteiger charge is 2.51. The summed E-state index contributed by atoms with van der Waals surface area (Å²) in [5.74, 6) is -8.14. The number of rotatable bonds is 6. The monoisotopic (exact) mass is 259 g/mol. The molecular formula is C9H13F4NO3. The molecule has 8 heteroatoms. The van der Waals surface area contributed by atoms with Gasteiger partial charge in [0.1, 0.15) is 0 Å². The zero-order chi connectivity index (χ0) is 13.8. The standard InChI is InChI=1S/C9H13F4NO3/c1-3-14(5(2)4-6(15)16)8(17)9(12,13)7(10)11/h5,7H,3-4H2,1-2H3,(H,15,16). The molecule has 0 aliphatic rings. The zero-order valence-electron chi connectivity index (χ0n) is 9.29. The maximum Gasteiger partial charge on any atom is 0.383 e. The maximum absolute atomic E-state index is 12.8. The van der Waals surface area contributed by atoms with Crippen molar-refractivity contribution in [3.8, 4) is 0 Å². The molecule has 0 aromatic heterocycles. The molecule has 4 nitrogen and oxygen atoms in total. The molecule has 0 fully saturated rings. The predicted molar refractivity (Wildman–Crippen MR) is 50.1 cm³/mol. The highest BCUT2D eigenvalue weighted by atomic mass is 19.3. The molecule has 0 bridgehead atoms. The maximum atomic E-state index is 12.8. The number of amides is 1. The summed E-state index contributed by atoms with van der Waals surface area (Å²) in [6.07, 6.45) is -4.69. The fourth-order valence-corrected chi connectivity index (χ4v) is 1.30. The van der Waals surface area contributed by atoms with Crippen LogP contribution in [-0.4, -0.2) is 46.8 Å². The first kappa shape index (κ1) is 15.7. The van der Waals surface area contributed by atoms with E-state index in [4.69, 9.17) is 5.11 Å². The largest absolute Gasteiger partial charge is 0.481 e.